The van der Waals surface area contributed by atoms with Crippen molar-refractivity contribution < 1.29 is 14.0 Å². The third-order valence-electron chi connectivity index (χ3n) is 6.20. The molecule has 178 valence electrons. The van der Waals surface area contributed by atoms with Gasteiger partial charge in [0.05, 0.1) is 17.8 Å². The third kappa shape index (κ3) is 4.99. The number of carbonyl (C=O) groups is 2. The Kier molecular flexibility index (Phi) is 7.03. The molecule has 1 saturated heterocycles. The van der Waals surface area contributed by atoms with Gasteiger partial charge < -0.3 is 9.80 Å². The first-order valence-corrected chi connectivity index (χ1v) is 11.8. The Hall–Kier alpha value is -3.19. The van der Waals surface area contributed by atoms with Gasteiger partial charge in [0, 0.05) is 31.7 Å². The molecule has 8 heteroatoms. The third-order valence-corrected chi connectivity index (χ3v) is 6.59. The summed E-state index contributed by atoms with van der Waals surface area (Å²) in [6, 6.07) is 13.8. The van der Waals surface area contributed by atoms with E-state index in [2.05, 4.69) is 18.9 Å². The van der Waals surface area contributed by atoms with Gasteiger partial charge in [0.1, 0.15) is 11.0 Å². The highest BCUT2D eigenvalue weighted by atomic mass is 35.5. The molecule has 0 unspecified atom stereocenters. The number of rotatable bonds is 5. The normalized spacial score (nSPS) is 14.1. The fraction of sp³-hybridized carbons (Fsp3) is 0.346. The molecule has 0 bridgehead atoms. The zero-order valence-electron chi connectivity index (χ0n) is 19.6. The Morgan fingerprint density at radius 1 is 0.941 bits per heavy atom. The molecule has 0 N–H and O–H groups in total. The van der Waals surface area contributed by atoms with Crippen LogP contribution in [0.15, 0.2) is 48.5 Å². The van der Waals surface area contributed by atoms with Crippen LogP contribution in [-0.4, -0.2) is 57.6 Å². The average molecular weight is 483 g/mol. The molecule has 0 aliphatic carbocycles. The number of carbonyl (C=O) groups excluding carboxylic acids is 2. The minimum Gasteiger partial charge on any atom is -0.335 e. The molecule has 0 spiro atoms. The van der Waals surface area contributed by atoms with E-state index in [4.69, 9.17) is 11.6 Å². The van der Waals surface area contributed by atoms with Gasteiger partial charge in [-0.25, -0.2) is 9.07 Å². The van der Waals surface area contributed by atoms with Gasteiger partial charge in [-0.2, -0.15) is 5.10 Å². The van der Waals surface area contributed by atoms with E-state index >= 15 is 0 Å². The minimum absolute atomic E-state index is 0.0243. The van der Waals surface area contributed by atoms with Crippen molar-refractivity contribution in [2.24, 2.45) is 0 Å². The molecule has 1 fully saturated rings. The lowest BCUT2D eigenvalue weighted by atomic mass is 10.0. The number of nitrogens with zero attached hydrogens (tertiary/aromatic N) is 4. The second-order valence-corrected chi connectivity index (χ2v) is 9.25. The highest BCUT2D eigenvalue weighted by molar-refractivity contribution is 6.33. The number of aromatic nitrogens is 2. The maximum Gasteiger partial charge on any atom is 0.259 e. The zero-order chi connectivity index (χ0) is 24.4. The van der Waals surface area contributed by atoms with Crippen LogP contribution < -0.4 is 0 Å². The van der Waals surface area contributed by atoms with Crippen molar-refractivity contribution >= 4 is 23.4 Å². The fourth-order valence-corrected chi connectivity index (χ4v) is 4.44. The number of benzene rings is 2. The van der Waals surface area contributed by atoms with Gasteiger partial charge in [0.25, 0.3) is 11.8 Å². The molecule has 3 aromatic rings. The summed E-state index contributed by atoms with van der Waals surface area (Å²) < 4.78 is 14.7. The van der Waals surface area contributed by atoms with Crippen molar-refractivity contribution in [3.63, 3.8) is 0 Å². The molecular weight excluding hydrogens is 455 g/mol. The van der Waals surface area contributed by atoms with E-state index in [0.29, 0.717) is 55.5 Å². The Morgan fingerprint density at radius 3 is 2.06 bits per heavy atom. The number of hydrogen-bond donors (Lipinski definition) is 0. The topological polar surface area (TPSA) is 58.4 Å². The number of amides is 2. The van der Waals surface area contributed by atoms with Crippen LogP contribution in [0, 0.1) is 12.7 Å². The lowest BCUT2D eigenvalue weighted by Gasteiger charge is -2.34. The predicted octanol–water partition coefficient (Wildman–Crippen LogP) is 4.75. The van der Waals surface area contributed by atoms with Gasteiger partial charge in [0.15, 0.2) is 0 Å². The molecule has 1 aliphatic rings. The molecule has 0 radical (unpaired) electrons. The molecule has 4 rings (SSSR count). The summed E-state index contributed by atoms with van der Waals surface area (Å²) in [5, 5.41) is 4.68. The Labute approximate surface area is 203 Å². The molecule has 2 aromatic carbocycles. The number of aryl methyl sites for hydroxylation is 1. The summed E-state index contributed by atoms with van der Waals surface area (Å²) in [5.74, 6) is -0.119. The SMILES string of the molecule is Cc1nn(Cc2ccc(F)cc2)c(Cl)c1C(=O)N1CCN(C(=O)c2ccc(C(C)C)cc2)CC1. The summed E-state index contributed by atoms with van der Waals surface area (Å²) in [6.07, 6.45) is 0. The van der Waals surface area contributed by atoms with Crippen molar-refractivity contribution in [1.29, 1.82) is 0 Å². The first kappa shape index (κ1) is 24.0. The quantitative estimate of drug-likeness (QED) is 0.527. The van der Waals surface area contributed by atoms with Gasteiger partial charge >= 0.3 is 0 Å². The van der Waals surface area contributed by atoms with E-state index < -0.39 is 0 Å². The molecule has 6 nitrogen and oxygen atoms in total. The number of piperazine rings is 1. The molecule has 0 atom stereocenters. The van der Waals surface area contributed by atoms with E-state index in [1.165, 1.54) is 17.7 Å². The van der Waals surface area contributed by atoms with Crippen molar-refractivity contribution in [2.45, 2.75) is 33.2 Å². The smallest absolute Gasteiger partial charge is 0.259 e. The van der Waals surface area contributed by atoms with Gasteiger partial charge in [0.2, 0.25) is 0 Å². The van der Waals surface area contributed by atoms with E-state index in [-0.39, 0.29) is 22.8 Å². The van der Waals surface area contributed by atoms with Crippen molar-refractivity contribution in [3.05, 3.63) is 87.4 Å². The Balaban J connectivity index is 1.41. The number of hydrogen-bond acceptors (Lipinski definition) is 3. The summed E-state index contributed by atoms with van der Waals surface area (Å²) in [5.41, 5.74) is 3.59. The van der Waals surface area contributed by atoms with Gasteiger partial charge in [-0.15, -0.1) is 0 Å². The molecule has 1 aliphatic heterocycles. The molecule has 2 amide bonds. The van der Waals surface area contributed by atoms with Crippen LogP contribution in [0.25, 0.3) is 0 Å². The standard InChI is InChI=1S/C26H28ClFN4O2/c1-17(2)20-6-8-21(9-7-20)25(33)30-12-14-31(15-13-30)26(34)23-18(3)29-32(24(23)27)16-19-4-10-22(28)11-5-19/h4-11,17H,12-16H2,1-3H3. The Morgan fingerprint density at radius 2 is 1.50 bits per heavy atom. The summed E-state index contributed by atoms with van der Waals surface area (Å²) >= 11 is 6.53. The summed E-state index contributed by atoms with van der Waals surface area (Å²) in [4.78, 5) is 29.6. The number of halogens is 2. The molecule has 1 aromatic heterocycles. The van der Waals surface area contributed by atoms with Crippen LogP contribution in [0.3, 0.4) is 0 Å². The highest BCUT2D eigenvalue weighted by Crippen LogP contribution is 2.24. The lowest BCUT2D eigenvalue weighted by molar-refractivity contribution is 0.0535. The van der Waals surface area contributed by atoms with E-state index in [1.807, 2.05) is 24.3 Å². The summed E-state index contributed by atoms with van der Waals surface area (Å²) in [6.45, 7) is 8.09. The first-order chi connectivity index (χ1) is 16.2. The zero-order valence-corrected chi connectivity index (χ0v) is 20.3. The largest absolute Gasteiger partial charge is 0.335 e. The molecular formula is C26H28ClFN4O2. The van der Waals surface area contributed by atoms with Crippen LogP contribution in [0.5, 0.6) is 0 Å². The maximum atomic E-state index is 13.2. The van der Waals surface area contributed by atoms with Crippen LogP contribution in [0.1, 0.15) is 57.3 Å². The summed E-state index contributed by atoms with van der Waals surface area (Å²) in [7, 11) is 0. The van der Waals surface area contributed by atoms with Gasteiger partial charge in [-0.1, -0.05) is 49.7 Å². The second-order valence-electron chi connectivity index (χ2n) is 8.90. The minimum atomic E-state index is -0.312. The highest BCUT2D eigenvalue weighted by Gasteiger charge is 2.29. The van der Waals surface area contributed by atoms with Crippen LogP contribution >= 0.6 is 11.6 Å². The maximum absolute atomic E-state index is 13.2. The second kappa shape index (κ2) is 9.97. The molecule has 34 heavy (non-hydrogen) atoms. The molecule has 0 saturated carbocycles. The van der Waals surface area contributed by atoms with Crippen molar-refractivity contribution in [1.82, 2.24) is 19.6 Å². The fourth-order valence-electron chi connectivity index (χ4n) is 4.13. The Bertz CT molecular complexity index is 1180. The average Bonchev–Trinajstić information content (AvgIpc) is 3.12. The van der Waals surface area contributed by atoms with E-state index in [9.17, 15) is 14.0 Å². The van der Waals surface area contributed by atoms with Crippen molar-refractivity contribution in [2.75, 3.05) is 26.2 Å². The lowest BCUT2D eigenvalue weighted by Crippen LogP contribution is -2.50. The van der Waals surface area contributed by atoms with Crippen LogP contribution in [0.4, 0.5) is 4.39 Å². The first-order valence-electron chi connectivity index (χ1n) is 11.4. The van der Waals surface area contributed by atoms with Crippen molar-refractivity contribution in [3.8, 4) is 0 Å². The van der Waals surface area contributed by atoms with Gasteiger partial charge in [-0.05, 0) is 48.2 Å². The van der Waals surface area contributed by atoms with E-state index in [1.54, 1.807) is 33.5 Å². The molecule has 2 heterocycles. The van der Waals surface area contributed by atoms with Crippen LogP contribution in [-0.2, 0) is 6.54 Å². The monoisotopic (exact) mass is 482 g/mol. The van der Waals surface area contributed by atoms with E-state index in [0.717, 1.165) is 5.56 Å². The van der Waals surface area contributed by atoms with Crippen LogP contribution in [0.2, 0.25) is 5.15 Å². The predicted molar refractivity (Wildman–Crippen MR) is 130 cm³/mol. The van der Waals surface area contributed by atoms with Gasteiger partial charge in [-0.3, -0.25) is 9.59 Å².